The first-order valence-electron chi connectivity index (χ1n) is 26.7. The van der Waals surface area contributed by atoms with Gasteiger partial charge in [-0.2, -0.15) is 10.5 Å². The maximum absolute atomic E-state index is 15.2. The monoisotopic (exact) mass is 1160 g/mol. The number of non-ortho nitro benzene ring substituents is 2. The van der Waals surface area contributed by atoms with Crippen LogP contribution in [0.4, 0.5) is 11.4 Å². The molecule has 2 heterocycles. The molecule has 0 saturated carbocycles. The standard InChI is InChI=1S/C58H77N5O11SSi4/c1-52(2,3)76(13)71-57(72-77(14)53(4,5)6,42-25-17-40(36-59)18-26-42)46(33-38-21-29-44(30-22-38)62(67)68)50-49(51(65)66)61-48(64)35-56(61,75-50)47(34-39-23-31-45(32-24-39)63(69)70)58(73-78(15)54(7,8)9,74-79(16)55(10,11)12)43-27-19-41(37-60)20-28-43/h17-32,46-47,76-79H,33-35H2,1-16H3,(H,65,66)/t46-,47-,56?,57?,58?,76?,77?,78?,79?/m0/s1. The van der Waals surface area contributed by atoms with Crippen LogP contribution in [0.25, 0.3) is 0 Å². The van der Waals surface area contributed by atoms with Crippen LogP contribution in [0.1, 0.15) is 123 Å². The van der Waals surface area contributed by atoms with Gasteiger partial charge in [0.2, 0.25) is 5.91 Å². The average molecular weight is 1160 g/mol. The highest BCUT2D eigenvalue weighted by atomic mass is 32.2. The van der Waals surface area contributed by atoms with Crippen molar-refractivity contribution in [3.8, 4) is 12.1 Å². The number of hydrogen-bond acceptors (Lipinski definition) is 13. The first-order valence-corrected chi connectivity index (χ1v) is 36.4. The van der Waals surface area contributed by atoms with Gasteiger partial charge >= 0.3 is 5.97 Å². The number of aliphatic carboxylic acids is 1. The van der Waals surface area contributed by atoms with Crippen LogP contribution in [0.15, 0.2) is 108 Å². The second-order valence-corrected chi connectivity index (χ2v) is 39.8. The molecule has 1 N–H and O–H groups in total. The van der Waals surface area contributed by atoms with Crippen molar-refractivity contribution in [3.63, 3.8) is 0 Å². The Bertz CT molecular complexity index is 2990. The number of hydrogen-bond donors (Lipinski definition) is 1. The van der Waals surface area contributed by atoms with E-state index in [9.17, 15) is 40.7 Å². The predicted molar refractivity (Wildman–Crippen MR) is 318 cm³/mol. The van der Waals surface area contributed by atoms with E-state index < -0.39 is 96.2 Å². The minimum Gasteiger partial charge on any atom is -0.477 e. The van der Waals surface area contributed by atoms with Crippen LogP contribution < -0.4 is 0 Å². The van der Waals surface area contributed by atoms with E-state index in [-0.39, 0.29) is 51.3 Å². The largest absolute Gasteiger partial charge is 0.477 e. The number of carboxylic acids is 1. The van der Waals surface area contributed by atoms with Gasteiger partial charge in [-0.15, -0.1) is 0 Å². The maximum Gasteiger partial charge on any atom is 0.353 e. The highest BCUT2D eigenvalue weighted by Gasteiger charge is 2.71. The second kappa shape index (κ2) is 23.5. The summed E-state index contributed by atoms with van der Waals surface area (Å²) < 4.78 is 31.1. The van der Waals surface area contributed by atoms with Crippen molar-refractivity contribution < 1.29 is 42.2 Å². The number of amides is 1. The first kappa shape index (κ1) is 62.6. The number of nitro benzene ring substituents is 2. The number of nitro groups is 2. The molecule has 79 heavy (non-hydrogen) atoms. The molecule has 4 aromatic carbocycles. The zero-order chi connectivity index (χ0) is 59.0. The van der Waals surface area contributed by atoms with Crippen LogP contribution in [0.5, 0.6) is 0 Å². The minimum absolute atomic E-state index is 0.00841. The van der Waals surface area contributed by atoms with Gasteiger partial charge in [0.25, 0.3) is 11.4 Å². The number of rotatable bonds is 21. The number of thioether (sulfide) groups is 1. The number of fused-ring (bicyclic) bond motifs is 1. The van der Waals surface area contributed by atoms with Crippen molar-refractivity contribution in [2.75, 3.05) is 0 Å². The van der Waals surface area contributed by atoms with Gasteiger partial charge in [0.15, 0.2) is 47.7 Å². The molecule has 7 atom stereocenters. The molecular weight excluding hydrogens is 1090 g/mol. The Morgan fingerprint density at radius 1 is 0.620 bits per heavy atom. The van der Waals surface area contributed by atoms with Gasteiger partial charge in [0.05, 0.1) is 51.4 Å². The van der Waals surface area contributed by atoms with Gasteiger partial charge in [-0.1, -0.05) is 143 Å². The summed E-state index contributed by atoms with van der Waals surface area (Å²) in [7, 11) is -9.87. The second-order valence-electron chi connectivity index (χ2n) is 25.4. The fraction of sp³-hybridized carbons (Fsp3) is 0.483. The SMILES string of the molecule is C[SiH](OC(O[SiH](C)C(C)(C)C)(c1ccc(C#N)cc1)[C@@H](Cc1ccc([N+](=O)[O-])cc1)C12CC(=O)N1C(C(=O)O)=C([C@H](Cc1ccc([N+](=O)[O-])cc1)C(O[SiH](C)C(C)(C)C)(O[SiH](C)C(C)(C)C)c1ccc(C#N)cc1)S2)C(C)(C)C. The Morgan fingerprint density at radius 2 is 0.962 bits per heavy atom. The summed E-state index contributed by atoms with van der Waals surface area (Å²) in [6.45, 7) is 33.4. The van der Waals surface area contributed by atoms with E-state index in [1.54, 1.807) is 60.7 Å². The Kier molecular flexibility index (Phi) is 18.6. The van der Waals surface area contributed by atoms with E-state index in [0.717, 1.165) is 0 Å². The van der Waals surface area contributed by atoms with E-state index in [1.165, 1.54) is 40.9 Å². The predicted octanol–water partition coefficient (Wildman–Crippen LogP) is 12.6. The lowest BCUT2D eigenvalue weighted by molar-refractivity contribution is -0.385. The summed E-state index contributed by atoms with van der Waals surface area (Å²) in [6, 6.07) is 30.7. The molecule has 0 bridgehead atoms. The zero-order valence-corrected chi connectivity index (χ0v) is 53.9. The van der Waals surface area contributed by atoms with E-state index in [4.69, 9.17) is 17.7 Å². The lowest BCUT2D eigenvalue weighted by Crippen LogP contribution is -2.69. The van der Waals surface area contributed by atoms with E-state index in [1.807, 2.05) is 12.1 Å². The number of carboxylic acid groups (broad SMARTS) is 1. The van der Waals surface area contributed by atoms with Crippen molar-refractivity contribution in [2.24, 2.45) is 11.8 Å². The molecule has 0 radical (unpaired) electrons. The van der Waals surface area contributed by atoms with E-state index in [0.29, 0.717) is 33.4 Å². The third-order valence-electron chi connectivity index (χ3n) is 16.0. The molecule has 5 unspecified atom stereocenters. The van der Waals surface area contributed by atoms with Crippen LogP contribution in [0.2, 0.25) is 46.3 Å². The molecular formula is C58H77N5O11SSi4. The molecule has 6 rings (SSSR count). The van der Waals surface area contributed by atoms with E-state index in [2.05, 4.69) is 121 Å². The van der Waals surface area contributed by atoms with Crippen LogP contribution in [0, 0.1) is 54.7 Å². The molecule has 4 aromatic rings. The number of carbonyl (C=O) groups is 2. The van der Waals surface area contributed by atoms with Gasteiger partial charge in [0.1, 0.15) is 10.6 Å². The molecule has 0 aromatic heterocycles. The number of β-lactam (4-membered cyclic amide) rings is 1. The molecule has 1 saturated heterocycles. The molecule has 1 amide bonds. The summed E-state index contributed by atoms with van der Waals surface area (Å²) >= 11 is 1.24. The van der Waals surface area contributed by atoms with Crippen LogP contribution in [-0.2, 0) is 51.7 Å². The molecule has 0 spiro atoms. The van der Waals surface area contributed by atoms with Crippen molar-refractivity contribution >= 4 is 71.2 Å². The normalized spacial score (nSPS) is 19.8. The number of carbonyl (C=O) groups excluding carboxylic acids is 1. The zero-order valence-electron chi connectivity index (χ0n) is 48.5. The minimum atomic E-state index is -2.48. The van der Waals surface area contributed by atoms with E-state index >= 15 is 4.79 Å². The summed E-state index contributed by atoms with van der Waals surface area (Å²) in [4.78, 5) is 53.4. The fourth-order valence-corrected chi connectivity index (χ4v) is 16.4. The third-order valence-corrected chi connectivity index (χ3v) is 30.3. The van der Waals surface area contributed by atoms with Crippen molar-refractivity contribution in [3.05, 3.63) is 161 Å². The lowest BCUT2D eigenvalue weighted by Gasteiger charge is -2.58. The molecule has 21 heteroatoms. The summed E-state index contributed by atoms with van der Waals surface area (Å²) in [5, 5.41) is 55.0. The van der Waals surface area contributed by atoms with Crippen LogP contribution in [0.3, 0.4) is 0 Å². The fourth-order valence-electron chi connectivity index (χ4n) is 9.37. The van der Waals surface area contributed by atoms with Crippen molar-refractivity contribution in [2.45, 2.75) is 165 Å². The summed E-state index contributed by atoms with van der Waals surface area (Å²) in [5.41, 5.74) is 2.49. The summed E-state index contributed by atoms with van der Waals surface area (Å²) in [5.74, 6) is -7.46. The molecule has 2 aliphatic heterocycles. The number of nitriles is 2. The first-order chi connectivity index (χ1) is 36.5. The Hall–Kier alpha value is -5.60. The van der Waals surface area contributed by atoms with Gasteiger partial charge in [-0.3, -0.25) is 29.9 Å². The molecule has 0 aliphatic carbocycles. The smallest absolute Gasteiger partial charge is 0.353 e. The van der Waals surface area contributed by atoms with Gasteiger partial charge in [-0.05, 0) is 94.6 Å². The lowest BCUT2D eigenvalue weighted by atomic mass is 9.75. The van der Waals surface area contributed by atoms with Gasteiger partial charge in [0, 0.05) is 40.3 Å². The molecule has 16 nitrogen and oxygen atoms in total. The quantitative estimate of drug-likeness (QED) is 0.0269. The highest BCUT2D eigenvalue weighted by molar-refractivity contribution is 8.04. The van der Waals surface area contributed by atoms with Crippen LogP contribution in [-0.4, -0.2) is 72.8 Å². The van der Waals surface area contributed by atoms with Crippen molar-refractivity contribution in [1.82, 2.24) is 4.90 Å². The highest BCUT2D eigenvalue weighted by Crippen LogP contribution is 2.67. The molecule has 2 aliphatic rings. The third kappa shape index (κ3) is 13.3. The molecule has 422 valence electrons. The van der Waals surface area contributed by atoms with Gasteiger partial charge < -0.3 is 22.8 Å². The topological polar surface area (TPSA) is 228 Å². The Labute approximate surface area is 476 Å². The number of benzene rings is 4. The maximum atomic E-state index is 15.2. The van der Waals surface area contributed by atoms with Crippen molar-refractivity contribution in [1.29, 1.82) is 10.5 Å². The number of nitrogens with zero attached hydrogens (tertiary/aromatic N) is 5. The van der Waals surface area contributed by atoms with Crippen LogP contribution >= 0.6 is 11.8 Å². The Morgan fingerprint density at radius 3 is 1.28 bits per heavy atom. The van der Waals surface area contributed by atoms with Gasteiger partial charge in [-0.25, -0.2) is 4.79 Å². The summed E-state index contributed by atoms with van der Waals surface area (Å²) in [6.07, 6.45) is -0.115. The molecule has 1 fully saturated rings. The Balaban J connectivity index is 1.81. The average Bonchev–Trinajstić information content (AvgIpc) is 2.99.